The van der Waals surface area contributed by atoms with Crippen molar-refractivity contribution < 1.29 is 14.0 Å². The maximum atomic E-state index is 13.2. The van der Waals surface area contributed by atoms with Crippen molar-refractivity contribution in [1.82, 2.24) is 9.80 Å². The van der Waals surface area contributed by atoms with Gasteiger partial charge in [-0.2, -0.15) is 0 Å². The van der Waals surface area contributed by atoms with Crippen molar-refractivity contribution in [2.45, 2.75) is 26.2 Å². The molecular formula is C23H28FN3O2. The minimum Gasteiger partial charge on any atom is -0.340 e. The van der Waals surface area contributed by atoms with E-state index in [0.717, 1.165) is 12.8 Å². The van der Waals surface area contributed by atoms with E-state index >= 15 is 0 Å². The molecule has 29 heavy (non-hydrogen) atoms. The topological polar surface area (TPSA) is 52.7 Å². The number of rotatable bonds is 7. The molecule has 1 heterocycles. The molecule has 0 radical (unpaired) electrons. The Morgan fingerprint density at radius 1 is 1.00 bits per heavy atom. The van der Waals surface area contributed by atoms with Crippen LogP contribution in [0.3, 0.4) is 0 Å². The Morgan fingerprint density at radius 2 is 1.69 bits per heavy atom. The molecule has 6 heteroatoms. The van der Waals surface area contributed by atoms with E-state index in [1.807, 2.05) is 9.80 Å². The van der Waals surface area contributed by atoms with Gasteiger partial charge in [0, 0.05) is 38.3 Å². The van der Waals surface area contributed by atoms with Crippen LogP contribution in [0.2, 0.25) is 0 Å². The summed E-state index contributed by atoms with van der Waals surface area (Å²) in [4.78, 5) is 28.5. The Kier molecular flexibility index (Phi) is 7.36. The van der Waals surface area contributed by atoms with Crippen molar-refractivity contribution in [2.24, 2.45) is 0 Å². The van der Waals surface area contributed by atoms with Crippen LogP contribution in [0.4, 0.5) is 10.1 Å². The van der Waals surface area contributed by atoms with Crippen LogP contribution in [0, 0.1) is 5.82 Å². The summed E-state index contributed by atoms with van der Waals surface area (Å²) in [6, 6.07) is 14.3. The molecule has 0 aliphatic carbocycles. The molecule has 2 aromatic rings. The Bertz CT molecular complexity index is 830. The molecule has 0 spiro atoms. The van der Waals surface area contributed by atoms with Crippen molar-refractivity contribution in [1.29, 1.82) is 0 Å². The zero-order valence-electron chi connectivity index (χ0n) is 16.9. The average Bonchev–Trinajstić information content (AvgIpc) is 2.73. The zero-order valence-corrected chi connectivity index (χ0v) is 16.9. The van der Waals surface area contributed by atoms with E-state index in [4.69, 9.17) is 0 Å². The molecule has 0 bridgehead atoms. The highest BCUT2D eigenvalue weighted by atomic mass is 19.1. The minimum absolute atomic E-state index is 0.161. The zero-order chi connectivity index (χ0) is 20.6. The van der Waals surface area contributed by atoms with Crippen LogP contribution in [0.1, 0.15) is 24.5 Å². The molecule has 0 aromatic heterocycles. The number of aryl methyl sites for hydroxylation is 2. The normalized spacial score (nSPS) is 14.6. The Hall–Kier alpha value is -2.73. The first kappa shape index (κ1) is 21.0. The summed E-state index contributed by atoms with van der Waals surface area (Å²) in [7, 11) is 0. The number of halogens is 1. The van der Waals surface area contributed by atoms with E-state index in [-0.39, 0.29) is 24.2 Å². The van der Waals surface area contributed by atoms with E-state index in [9.17, 15) is 14.0 Å². The fourth-order valence-electron chi connectivity index (χ4n) is 3.48. The second kappa shape index (κ2) is 10.2. The molecule has 5 nitrogen and oxygen atoms in total. The van der Waals surface area contributed by atoms with Gasteiger partial charge in [-0.15, -0.1) is 0 Å². The Morgan fingerprint density at radius 3 is 2.34 bits per heavy atom. The van der Waals surface area contributed by atoms with Gasteiger partial charge in [-0.25, -0.2) is 4.39 Å². The van der Waals surface area contributed by atoms with Gasteiger partial charge in [-0.05, 0) is 42.2 Å². The van der Waals surface area contributed by atoms with Crippen LogP contribution in [0.25, 0.3) is 0 Å². The van der Waals surface area contributed by atoms with Crippen molar-refractivity contribution in [2.75, 3.05) is 38.0 Å². The maximum absolute atomic E-state index is 13.2. The summed E-state index contributed by atoms with van der Waals surface area (Å²) in [5, 5.41) is 2.71. The van der Waals surface area contributed by atoms with E-state index in [1.54, 1.807) is 12.1 Å². The third-order valence-electron chi connectivity index (χ3n) is 5.26. The Balaban J connectivity index is 1.38. The van der Waals surface area contributed by atoms with Crippen molar-refractivity contribution in [3.8, 4) is 0 Å². The van der Waals surface area contributed by atoms with E-state index < -0.39 is 0 Å². The van der Waals surface area contributed by atoms with Gasteiger partial charge < -0.3 is 10.2 Å². The lowest BCUT2D eigenvalue weighted by molar-refractivity contribution is -0.133. The second-order valence-electron chi connectivity index (χ2n) is 7.39. The van der Waals surface area contributed by atoms with Crippen LogP contribution >= 0.6 is 0 Å². The summed E-state index contributed by atoms with van der Waals surface area (Å²) in [5.74, 6) is -0.393. The highest BCUT2D eigenvalue weighted by Gasteiger charge is 2.22. The Labute approximate surface area is 171 Å². The van der Waals surface area contributed by atoms with Crippen LogP contribution < -0.4 is 5.32 Å². The van der Waals surface area contributed by atoms with Crippen LogP contribution in [-0.2, 0) is 22.4 Å². The van der Waals surface area contributed by atoms with Gasteiger partial charge in [0.25, 0.3) is 0 Å². The molecule has 1 aliphatic rings. The van der Waals surface area contributed by atoms with Crippen LogP contribution in [0.15, 0.2) is 48.5 Å². The average molecular weight is 397 g/mol. The summed E-state index contributed by atoms with van der Waals surface area (Å²) in [6.07, 6.45) is 2.27. The maximum Gasteiger partial charge on any atom is 0.238 e. The molecule has 1 aliphatic heterocycles. The third kappa shape index (κ3) is 6.39. The summed E-state index contributed by atoms with van der Waals surface area (Å²) < 4.78 is 13.2. The van der Waals surface area contributed by atoms with Gasteiger partial charge in [0.15, 0.2) is 0 Å². The predicted molar refractivity (Wildman–Crippen MR) is 112 cm³/mol. The molecule has 154 valence electrons. The largest absolute Gasteiger partial charge is 0.340 e. The number of carbonyl (C=O) groups excluding carboxylic acids is 2. The first-order chi connectivity index (χ1) is 14.0. The molecule has 2 aromatic carbocycles. The van der Waals surface area contributed by atoms with Gasteiger partial charge in [0.2, 0.25) is 11.8 Å². The minimum atomic E-state index is -0.378. The van der Waals surface area contributed by atoms with E-state index in [1.165, 1.54) is 23.3 Å². The number of hydrogen-bond donors (Lipinski definition) is 1. The highest BCUT2D eigenvalue weighted by molar-refractivity contribution is 5.92. The fourth-order valence-corrected chi connectivity index (χ4v) is 3.48. The number of carbonyl (C=O) groups is 2. The first-order valence-electron chi connectivity index (χ1n) is 10.2. The number of nitrogens with zero attached hydrogens (tertiary/aromatic N) is 2. The quantitative estimate of drug-likeness (QED) is 0.781. The molecule has 2 amide bonds. The smallest absolute Gasteiger partial charge is 0.238 e. The van der Waals surface area contributed by atoms with Gasteiger partial charge in [0.05, 0.1) is 6.54 Å². The summed E-state index contributed by atoms with van der Waals surface area (Å²) >= 11 is 0. The molecular weight excluding hydrogens is 369 g/mol. The van der Waals surface area contributed by atoms with Gasteiger partial charge in [0.1, 0.15) is 5.82 Å². The van der Waals surface area contributed by atoms with Crippen molar-refractivity contribution in [3.63, 3.8) is 0 Å². The number of hydrogen-bond acceptors (Lipinski definition) is 3. The lowest BCUT2D eigenvalue weighted by Crippen LogP contribution is -2.50. The summed E-state index contributed by atoms with van der Waals surface area (Å²) in [5.41, 5.74) is 2.94. The van der Waals surface area contributed by atoms with Crippen molar-refractivity contribution in [3.05, 3.63) is 65.5 Å². The molecule has 0 atom stereocenters. The van der Waals surface area contributed by atoms with Gasteiger partial charge >= 0.3 is 0 Å². The number of piperazine rings is 1. The third-order valence-corrected chi connectivity index (χ3v) is 5.26. The number of amides is 2. The van der Waals surface area contributed by atoms with E-state index in [2.05, 4.69) is 36.5 Å². The number of benzene rings is 2. The molecule has 3 rings (SSSR count). The molecule has 1 saturated heterocycles. The molecule has 0 unspecified atom stereocenters. The fraction of sp³-hybridized carbons (Fsp3) is 0.391. The SMILES string of the molecule is CCc1ccc(CCC(=O)N2CCN(CC(=O)Nc3cccc(F)c3)CC2)cc1. The monoisotopic (exact) mass is 397 g/mol. The number of nitrogens with one attached hydrogen (secondary N) is 1. The van der Waals surface area contributed by atoms with Gasteiger partial charge in [-0.1, -0.05) is 37.3 Å². The molecule has 1 fully saturated rings. The lowest BCUT2D eigenvalue weighted by atomic mass is 10.1. The lowest BCUT2D eigenvalue weighted by Gasteiger charge is -2.34. The second-order valence-corrected chi connectivity index (χ2v) is 7.39. The van der Waals surface area contributed by atoms with E-state index in [0.29, 0.717) is 38.3 Å². The molecule has 1 N–H and O–H groups in total. The molecule has 0 saturated carbocycles. The summed E-state index contributed by atoms with van der Waals surface area (Å²) in [6.45, 7) is 4.94. The van der Waals surface area contributed by atoms with Crippen LogP contribution in [0.5, 0.6) is 0 Å². The highest BCUT2D eigenvalue weighted by Crippen LogP contribution is 2.11. The van der Waals surface area contributed by atoms with Crippen molar-refractivity contribution >= 4 is 17.5 Å². The number of anilines is 1. The van der Waals surface area contributed by atoms with Crippen LogP contribution in [-0.4, -0.2) is 54.3 Å². The predicted octanol–water partition coefficient (Wildman–Crippen LogP) is 3.10. The van der Waals surface area contributed by atoms with Gasteiger partial charge in [-0.3, -0.25) is 14.5 Å². The standard InChI is InChI=1S/C23H28FN3O2/c1-2-18-6-8-19(9-7-18)10-11-23(29)27-14-12-26(13-15-27)17-22(28)25-21-5-3-4-20(24)16-21/h3-9,16H,2,10-15,17H2,1H3,(H,25,28). The first-order valence-corrected chi connectivity index (χ1v) is 10.2.